The van der Waals surface area contributed by atoms with Crippen LogP contribution in [0.4, 0.5) is 4.79 Å². The zero-order chi connectivity index (χ0) is 19.6. The summed E-state index contributed by atoms with van der Waals surface area (Å²) < 4.78 is 5.83. The van der Waals surface area contributed by atoms with Gasteiger partial charge in [-0.1, -0.05) is 6.07 Å². The highest BCUT2D eigenvalue weighted by Gasteiger charge is 2.45. The zero-order valence-corrected chi connectivity index (χ0v) is 16.5. The topological polar surface area (TPSA) is 78.0 Å². The number of nitrogens with one attached hydrogen (secondary N) is 1. The first-order valence-corrected chi connectivity index (χ1v) is 10.1. The number of hydrogen-bond acceptors (Lipinski definition) is 5. The fourth-order valence-corrected chi connectivity index (χ4v) is 4.41. The molecule has 8 heteroatoms. The van der Waals surface area contributed by atoms with Gasteiger partial charge in [-0.05, 0) is 30.9 Å². The lowest BCUT2D eigenvalue weighted by Crippen LogP contribution is -2.55. The van der Waals surface area contributed by atoms with Crippen LogP contribution in [-0.2, 0) is 16.1 Å². The predicted octanol–water partition coefficient (Wildman–Crippen LogP) is 0.689. The van der Waals surface area contributed by atoms with E-state index >= 15 is 0 Å². The third-order valence-electron chi connectivity index (χ3n) is 6.10. The first-order valence-electron chi connectivity index (χ1n) is 10.1. The summed E-state index contributed by atoms with van der Waals surface area (Å²) >= 11 is 0. The minimum atomic E-state index is -0.396. The van der Waals surface area contributed by atoms with Crippen molar-refractivity contribution in [2.24, 2.45) is 0 Å². The number of nitrogens with zero attached hydrogens (tertiary/aromatic N) is 4. The minimum Gasteiger partial charge on any atom is -0.361 e. The summed E-state index contributed by atoms with van der Waals surface area (Å²) in [7, 11) is 1.80. The molecule has 1 aromatic rings. The number of hydrogen-bond donors (Lipinski definition) is 1. The van der Waals surface area contributed by atoms with Gasteiger partial charge in [0.15, 0.2) is 0 Å². The third-order valence-corrected chi connectivity index (χ3v) is 6.10. The number of ether oxygens (including phenoxy) is 1. The SMILES string of the molecule is CN1C[C@]2(CCN(C(=O)NC3CCN(Cc4cccnc4)CC3)C2)OCC1=O. The molecule has 0 unspecified atom stereocenters. The van der Waals surface area contributed by atoms with Crippen molar-refractivity contribution in [1.29, 1.82) is 0 Å². The molecule has 0 radical (unpaired) electrons. The van der Waals surface area contributed by atoms with Crippen LogP contribution in [0.15, 0.2) is 24.5 Å². The van der Waals surface area contributed by atoms with Gasteiger partial charge in [0.05, 0.1) is 13.1 Å². The number of piperidine rings is 1. The lowest BCUT2D eigenvalue weighted by Gasteiger charge is -2.38. The van der Waals surface area contributed by atoms with Crippen molar-refractivity contribution < 1.29 is 14.3 Å². The molecule has 3 aliphatic rings. The molecule has 152 valence electrons. The molecule has 0 bridgehead atoms. The van der Waals surface area contributed by atoms with Crippen molar-refractivity contribution >= 4 is 11.9 Å². The third kappa shape index (κ3) is 4.28. The molecule has 1 aromatic heterocycles. The Morgan fingerprint density at radius 3 is 2.86 bits per heavy atom. The monoisotopic (exact) mass is 387 g/mol. The van der Waals surface area contributed by atoms with Crippen LogP contribution in [0, 0.1) is 0 Å². The number of urea groups is 1. The summed E-state index contributed by atoms with van der Waals surface area (Å²) in [5, 5.41) is 3.20. The average molecular weight is 387 g/mol. The summed E-state index contributed by atoms with van der Waals surface area (Å²) in [5.74, 6) is 0.00608. The van der Waals surface area contributed by atoms with Gasteiger partial charge in [-0.25, -0.2) is 4.79 Å². The number of morpholine rings is 1. The molecule has 3 amide bonds. The van der Waals surface area contributed by atoms with Crippen molar-refractivity contribution in [2.75, 3.05) is 46.4 Å². The normalized spacial score (nSPS) is 26.8. The fourth-order valence-electron chi connectivity index (χ4n) is 4.41. The molecule has 1 N–H and O–H groups in total. The van der Waals surface area contributed by atoms with Crippen molar-refractivity contribution in [3.05, 3.63) is 30.1 Å². The van der Waals surface area contributed by atoms with Crippen LogP contribution < -0.4 is 5.32 Å². The Morgan fingerprint density at radius 1 is 1.32 bits per heavy atom. The number of likely N-dealkylation sites (N-methyl/N-ethyl adjacent to an activating group) is 1. The van der Waals surface area contributed by atoms with Crippen LogP contribution in [0.2, 0.25) is 0 Å². The molecule has 3 aliphatic heterocycles. The maximum Gasteiger partial charge on any atom is 0.317 e. The van der Waals surface area contributed by atoms with E-state index in [0.717, 1.165) is 38.9 Å². The predicted molar refractivity (Wildman–Crippen MR) is 104 cm³/mol. The minimum absolute atomic E-state index is 0.00608. The zero-order valence-electron chi connectivity index (χ0n) is 16.5. The molecular formula is C20H29N5O3. The number of carbonyl (C=O) groups is 2. The standard InChI is InChI=1S/C20H29N5O3/c1-23-14-20(28-13-18(23)26)6-10-25(15-20)19(27)22-17-4-8-24(9-5-17)12-16-3-2-7-21-11-16/h2-3,7,11,17H,4-6,8-10,12-15H2,1H3,(H,22,27)/t20-/m0/s1. The number of pyridine rings is 1. The lowest BCUT2D eigenvalue weighted by molar-refractivity contribution is -0.158. The van der Waals surface area contributed by atoms with Crippen LogP contribution in [0.1, 0.15) is 24.8 Å². The molecule has 4 rings (SSSR count). The summed E-state index contributed by atoms with van der Waals surface area (Å²) in [6.07, 6.45) is 6.40. The highest BCUT2D eigenvalue weighted by atomic mass is 16.5. The van der Waals surface area contributed by atoms with E-state index in [-0.39, 0.29) is 24.6 Å². The molecular weight excluding hydrogens is 358 g/mol. The van der Waals surface area contributed by atoms with Crippen molar-refractivity contribution in [2.45, 2.75) is 37.5 Å². The molecule has 1 spiro atoms. The van der Waals surface area contributed by atoms with E-state index in [4.69, 9.17) is 4.74 Å². The average Bonchev–Trinajstić information content (AvgIpc) is 3.11. The maximum absolute atomic E-state index is 12.7. The quantitative estimate of drug-likeness (QED) is 0.826. The Balaban J connectivity index is 1.22. The highest BCUT2D eigenvalue weighted by Crippen LogP contribution is 2.29. The van der Waals surface area contributed by atoms with Crippen LogP contribution in [-0.4, -0.2) is 89.6 Å². The highest BCUT2D eigenvalue weighted by molar-refractivity contribution is 5.78. The van der Waals surface area contributed by atoms with E-state index in [9.17, 15) is 9.59 Å². The van der Waals surface area contributed by atoms with Gasteiger partial charge < -0.3 is 19.9 Å². The molecule has 28 heavy (non-hydrogen) atoms. The van der Waals surface area contributed by atoms with Gasteiger partial charge in [0.25, 0.3) is 0 Å². The first kappa shape index (κ1) is 19.1. The number of rotatable bonds is 3. The molecule has 0 aliphatic carbocycles. The van der Waals surface area contributed by atoms with Crippen LogP contribution in [0.3, 0.4) is 0 Å². The maximum atomic E-state index is 12.7. The summed E-state index contributed by atoms with van der Waals surface area (Å²) in [5.41, 5.74) is 0.830. The molecule has 3 fully saturated rings. The molecule has 1 atom stereocenters. The Morgan fingerprint density at radius 2 is 2.14 bits per heavy atom. The van der Waals surface area contributed by atoms with Gasteiger partial charge in [0.2, 0.25) is 5.91 Å². The first-order chi connectivity index (χ1) is 13.5. The molecule has 0 aromatic carbocycles. The molecule has 0 saturated carbocycles. The number of aromatic nitrogens is 1. The largest absolute Gasteiger partial charge is 0.361 e. The summed E-state index contributed by atoms with van der Waals surface area (Å²) in [6.45, 7) is 4.75. The van der Waals surface area contributed by atoms with Crippen molar-refractivity contribution in [1.82, 2.24) is 25.0 Å². The van der Waals surface area contributed by atoms with Gasteiger partial charge in [-0.3, -0.25) is 14.7 Å². The van der Waals surface area contributed by atoms with Crippen LogP contribution in [0.25, 0.3) is 0 Å². The summed E-state index contributed by atoms with van der Waals surface area (Å²) in [4.78, 5) is 34.5. The Labute approximate surface area is 165 Å². The Bertz CT molecular complexity index is 707. The second-order valence-electron chi connectivity index (χ2n) is 8.25. The number of amides is 3. The van der Waals surface area contributed by atoms with E-state index in [1.165, 1.54) is 5.56 Å². The summed E-state index contributed by atoms with van der Waals surface area (Å²) in [6, 6.07) is 4.27. The van der Waals surface area contributed by atoms with E-state index in [1.54, 1.807) is 18.1 Å². The van der Waals surface area contributed by atoms with Gasteiger partial charge in [0, 0.05) is 51.7 Å². The van der Waals surface area contributed by atoms with E-state index < -0.39 is 5.60 Å². The van der Waals surface area contributed by atoms with Crippen molar-refractivity contribution in [3.63, 3.8) is 0 Å². The lowest BCUT2D eigenvalue weighted by atomic mass is 10.0. The molecule has 3 saturated heterocycles. The van der Waals surface area contributed by atoms with Crippen molar-refractivity contribution in [3.8, 4) is 0 Å². The molecule has 4 heterocycles. The fraction of sp³-hybridized carbons (Fsp3) is 0.650. The molecule has 8 nitrogen and oxygen atoms in total. The number of carbonyl (C=O) groups excluding carboxylic acids is 2. The smallest absolute Gasteiger partial charge is 0.317 e. The van der Waals surface area contributed by atoms with Crippen LogP contribution in [0.5, 0.6) is 0 Å². The number of likely N-dealkylation sites (tertiary alicyclic amines) is 2. The van der Waals surface area contributed by atoms with Gasteiger partial charge in [-0.2, -0.15) is 0 Å². The Kier molecular flexibility index (Phi) is 5.50. The second kappa shape index (κ2) is 8.05. The van der Waals surface area contributed by atoms with E-state index in [1.807, 2.05) is 17.2 Å². The Hall–Kier alpha value is -2.19. The van der Waals surface area contributed by atoms with Gasteiger partial charge >= 0.3 is 6.03 Å². The van der Waals surface area contributed by atoms with E-state index in [0.29, 0.717) is 19.6 Å². The van der Waals surface area contributed by atoms with Gasteiger partial charge in [0.1, 0.15) is 12.2 Å². The van der Waals surface area contributed by atoms with Gasteiger partial charge in [-0.15, -0.1) is 0 Å². The second-order valence-corrected chi connectivity index (χ2v) is 8.25. The van der Waals surface area contributed by atoms with Crippen LogP contribution >= 0.6 is 0 Å². The van der Waals surface area contributed by atoms with E-state index in [2.05, 4.69) is 21.3 Å².